The molecule has 1 aliphatic heterocycles. The minimum atomic E-state index is -3.45. The van der Waals surface area contributed by atoms with Gasteiger partial charge in [0.25, 0.3) is 0 Å². The second kappa shape index (κ2) is 7.04. The Morgan fingerprint density at radius 2 is 1.86 bits per heavy atom. The van der Waals surface area contributed by atoms with E-state index < -0.39 is 16.1 Å². The van der Waals surface area contributed by atoms with Crippen molar-refractivity contribution < 1.29 is 13.2 Å². The van der Waals surface area contributed by atoms with E-state index >= 15 is 0 Å². The Morgan fingerprint density at radius 3 is 2.43 bits per heavy atom. The lowest BCUT2D eigenvalue weighted by Crippen LogP contribution is -2.42. The van der Waals surface area contributed by atoms with Crippen molar-refractivity contribution >= 4 is 15.9 Å². The van der Waals surface area contributed by atoms with Crippen LogP contribution < -0.4 is 4.72 Å². The van der Waals surface area contributed by atoms with Crippen LogP contribution in [0.3, 0.4) is 0 Å². The molecule has 0 radical (unpaired) electrons. The molecule has 1 N–H and O–H groups in total. The van der Waals surface area contributed by atoms with Gasteiger partial charge in [-0.3, -0.25) is 4.79 Å². The molecule has 0 unspecified atom stereocenters. The molecular formula is C15H22N2O3S. The Balaban J connectivity index is 2.24. The van der Waals surface area contributed by atoms with Gasteiger partial charge in [-0.25, -0.2) is 8.42 Å². The molecule has 1 heterocycles. The van der Waals surface area contributed by atoms with Crippen molar-refractivity contribution in [3.63, 3.8) is 0 Å². The van der Waals surface area contributed by atoms with Crippen molar-refractivity contribution in [2.24, 2.45) is 0 Å². The summed E-state index contributed by atoms with van der Waals surface area (Å²) in [5.41, 5.74) is 0.689. The topological polar surface area (TPSA) is 66.5 Å². The van der Waals surface area contributed by atoms with Crippen LogP contribution in [0.1, 0.15) is 37.8 Å². The van der Waals surface area contributed by atoms with Gasteiger partial charge in [0.05, 0.1) is 5.75 Å². The van der Waals surface area contributed by atoms with Gasteiger partial charge >= 0.3 is 0 Å². The number of rotatable bonds is 6. The minimum Gasteiger partial charge on any atom is -0.341 e. The number of sulfonamides is 1. The molecule has 116 valence electrons. The standard InChI is InChI=1S/C15H22N2O3S/c1-2-12-21(19,20)16-14(13-8-4-3-5-9-13)15(18)17-10-6-7-11-17/h3-5,8-9,14,16H,2,6-7,10-12H2,1H3/t14-/m1/s1. The van der Waals surface area contributed by atoms with E-state index in [1.165, 1.54) is 0 Å². The summed E-state index contributed by atoms with van der Waals surface area (Å²) in [5, 5.41) is 0. The Morgan fingerprint density at radius 1 is 1.24 bits per heavy atom. The van der Waals surface area contributed by atoms with Crippen LogP contribution in [-0.2, 0) is 14.8 Å². The Labute approximate surface area is 126 Å². The quantitative estimate of drug-likeness (QED) is 0.869. The first-order chi connectivity index (χ1) is 10.0. The Kier molecular flexibility index (Phi) is 5.36. The molecule has 1 amide bonds. The van der Waals surface area contributed by atoms with Gasteiger partial charge in [-0.05, 0) is 24.8 Å². The molecule has 0 saturated carbocycles. The van der Waals surface area contributed by atoms with Crippen LogP contribution in [0, 0.1) is 0 Å². The van der Waals surface area contributed by atoms with E-state index in [2.05, 4.69) is 4.72 Å². The predicted octanol–water partition coefficient (Wildman–Crippen LogP) is 1.68. The average molecular weight is 310 g/mol. The van der Waals surface area contributed by atoms with Gasteiger partial charge in [0.15, 0.2) is 0 Å². The number of carbonyl (C=O) groups is 1. The van der Waals surface area contributed by atoms with Gasteiger partial charge in [0, 0.05) is 13.1 Å². The van der Waals surface area contributed by atoms with E-state index in [-0.39, 0.29) is 11.7 Å². The molecule has 0 aliphatic carbocycles. The number of nitrogens with zero attached hydrogens (tertiary/aromatic N) is 1. The fourth-order valence-corrected chi connectivity index (χ4v) is 3.79. The van der Waals surface area contributed by atoms with Crippen molar-refractivity contribution in [3.05, 3.63) is 35.9 Å². The smallest absolute Gasteiger partial charge is 0.245 e. The Bertz CT molecular complexity index is 566. The summed E-state index contributed by atoms with van der Waals surface area (Å²) in [4.78, 5) is 14.4. The van der Waals surface area contributed by atoms with E-state index in [4.69, 9.17) is 0 Å². The number of hydrogen-bond donors (Lipinski definition) is 1. The zero-order valence-corrected chi connectivity index (χ0v) is 13.1. The van der Waals surface area contributed by atoms with Gasteiger partial charge < -0.3 is 4.90 Å². The maximum atomic E-state index is 12.6. The second-order valence-corrected chi connectivity index (χ2v) is 7.19. The van der Waals surface area contributed by atoms with Crippen LogP contribution in [0.2, 0.25) is 0 Å². The summed E-state index contributed by atoms with van der Waals surface area (Å²) in [5.74, 6) is -0.123. The number of benzene rings is 1. The molecule has 1 aromatic rings. The predicted molar refractivity (Wildman–Crippen MR) is 82.2 cm³/mol. The molecule has 1 aromatic carbocycles. The molecular weight excluding hydrogens is 288 g/mol. The first kappa shape index (κ1) is 16.0. The minimum absolute atomic E-state index is 0.0314. The molecule has 21 heavy (non-hydrogen) atoms. The molecule has 1 aliphatic rings. The monoisotopic (exact) mass is 310 g/mol. The number of likely N-dealkylation sites (tertiary alicyclic amines) is 1. The molecule has 0 bridgehead atoms. The zero-order valence-electron chi connectivity index (χ0n) is 12.3. The fourth-order valence-electron chi connectivity index (χ4n) is 2.53. The molecule has 5 nitrogen and oxygen atoms in total. The zero-order chi connectivity index (χ0) is 15.3. The van der Waals surface area contributed by atoms with Gasteiger partial charge in [0.2, 0.25) is 15.9 Å². The van der Waals surface area contributed by atoms with E-state index in [1.807, 2.05) is 18.2 Å². The van der Waals surface area contributed by atoms with E-state index in [0.29, 0.717) is 25.1 Å². The third-order valence-electron chi connectivity index (χ3n) is 3.57. The number of nitrogens with one attached hydrogen (secondary N) is 1. The SMILES string of the molecule is CCCS(=O)(=O)N[C@@H](C(=O)N1CCCC1)c1ccccc1. The van der Waals surface area contributed by atoms with Crippen LogP contribution in [-0.4, -0.2) is 38.1 Å². The molecule has 1 fully saturated rings. The van der Waals surface area contributed by atoms with E-state index in [0.717, 1.165) is 12.8 Å². The molecule has 0 aromatic heterocycles. The maximum Gasteiger partial charge on any atom is 0.245 e. The molecule has 2 rings (SSSR count). The first-order valence-corrected chi connectivity index (χ1v) is 9.02. The van der Waals surface area contributed by atoms with Gasteiger partial charge in [-0.2, -0.15) is 4.72 Å². The lowest BCUT2D eigenvalue weighted by molar-refractivity contribution is -0.132. The third kappa shape index (κ3) is 4.28. The molecule has 1 saturated heterocycles. The molecule has 6 heteroatoms. The molecule has 0 spiro atoms. The van der Waals surface area contributed by atoms with Gasteiger partial charge in [0.1, 0.15) is 6.04 Å². The number of hydrogen-bond acceptors (Lipinski definition) is 3. The second-order valence-electron chi connectivity index (χ2n) is 5.31. The third-order valence-corrected chi connectivity index (χ3v) is 5.11. The summed E-state index contributed by atoms with van der Waals surface area (Å²) in [6.45, 7) is 3.22. The van der Waals surface area contributed by atoms with Crippen molar-refractivity contribution in [3.8, 4) is 0 Å². The van der Waals surface area contributed by atoms with Crippen LogP contribution in [0.5, 0.6) is 0 Å². The highest BCUT2D eigenvalue weighted by Gasteiger charge is 2.30. The lowest BCUT2D eigenvalue weighted by atomic mass is 10.1. The van der Waals surface area contributed by atoms with Crippen molar-refractivity contribution in [1.82, 2.24) is 9.62 Å². The summed E-state index contributed by atoms with van der Waals surface area (Å²) >= 11 is 0. The normalized spacial score (nSPS) is 16.9. The number of amides is 1. The first-order valence-electron chi connectivity index (χ1n) is 7.37. The highest BCUT2D eigenvalue weighted by atomic mass is 32.2. The van der Waals surface area contributed by atoms with Crippen LogP contribution >= 0.6 is 0 Å². The largest absolute Gasteiger partial charge is 0.341 e. The fraction of sp³-hybridized carbons (Fsp3) is 0.533. The highest BCUT2D eigenvalue weighted by Crippen LogP contribution is 2.20. The summed E-state index contributed by atoms with van der Waals surface area (Å²) in [6.07, 6.45) is 2.48. The van der Waals surface area contributed by atoms with Crippen LogP contribution in [0.4, 0.5) is 0 Å². The van der Waals surface area contributed by atoms with Crippen molar-refractivity contribution in [2.75, 3.05) is 18.8 Å². The van der Waals surface area contributed by atoms with Crippen molar-refractivity contribution in [1.29, 1.82) is 0 Å². The number of carbonyl (C=O) groups excluding carboxylic acids is 1. The summed E-state index contributed by atoms with van der Waals surface area (Å²) in [7, 11) is -3.45. The molecule has 1 atom stereocenters. The van der Waals surface area contributed by atoms with Gasteiger partial charge in [-0.1, -0.05) is 37.3 Å². The van der Waals surface area contributed by atoms with Crippen LogP contribution in [0.25, 0.3) is 0 Å². The van der Waals surface area contributed by atoms with E-state index in [9.17, 15) is 13.2 Å². The summed E-state index contributed by atoms with van der Waals surface area (Å²) in [6, 6.07) is 8.23. The van der Waals surface area contributed by atoms with Crippen molar-refractivity contribution in [2.45, 2.75) is 32.2 Å². The average Bonchev–Trinajstić information content (AvgIpc) is 2.99. The van der Waals surface area contributed by atoms with E-state index in [1.54, 1.807) is 24.0 Å². The van der Waals surface area contributed by atoms with Gasteiger partial charge in [-0.15, -0.1) is 0 Å². The Hall–Kier alpha value is -1.40. The maximum absolute atomic E-state index is 12.6. The highest BCUT2D eigenvalue weighted by molar-refractivity contribution is 7.89. The lowest BCUT2D eigenvalue weighted by Gasteiger charge is -2.24. The summed E-state index contributed by atoms with van der Waals surface area (Å²) < 4.78 is 26.7. The van der Waals surface area contributed by atoms with Crippen LogP contribution in [0.15, 0.2) is 30.3 Å².